The van der Waals surface area contributed by atoms with Crippen LogP contribution in [0.2, 0.25) is 0 Å². The van der Waals surface area contributed by atoms with Gasteiger partial charge in [0.1, 0.15) is 0 Å². The molecule has 1 aromatic heterocycles. The second-order valence-corrected chi connectivity index (χ2v) is 9.80. The highest BCUT2D eigenvalue weighted by Gasteiger charge is 2.29. The first-order valence-corrected chi connectivity index (χ1v) is 11.3. The van der Waals surface area contributed by atoms with Gasteiger partial charge in [0.2, 0.25) is 11.8 Å². The summed E-state index contributed by atoms with van der Waals surface area (Å²) in [7, 11) is -2.91. The smallest absolute Gasteiger partial charge is 0.277 e. The van der Waals surface area contributed by atoms with Gasteiger partial charge >= 0.3 is 0 Å². The van der Waals surface area contributed by atoms with Crippen molar-refractivity contribution in [2.45, 2.75) is 24.5 Å². The molecule has 2 aliphatic rings. The first kappa shape index (κ1) is 17.5. The van der Waals surface area contributed by atoms with Crippen molar-refractivity contribution < 1.29 is 17.6 Å². The number of hydrogen-bond donors (Lipinski definition) is 0. The highest BCUT2D eigenvalue weighted by Crippen LogP contribution is 2.29. The predicted octanol–water partition coefficient (Wildman–Crippen LogP) is 1.73. The second kappa shape index (κ2) is 7.03. The molecular formula is C17H19N3O4S2. The Balaban J connectivity index is 1.32. The van der Waals surface area contributed by atoms with Crippen LogP contribution in [0.1, 0.15) is 17.9 Å². The van der Waals surface area contributed by atoms with Crippen molar-refractivity contribution >= 4 is 33.2 Å². The average molecular weight is 393 g/mol. The lowest BCUT2D eigenvalue weighted by Crippen LogP contribution is -2.30. The van der Waals surface area contributed by atoms with Gasteiger partial charge in [-0.3, -0.25) is 4.79 Å². The van der Waals surface area contributed by atoms with E-state index in [0.717, 1.165) is 12.1 Å². The number of rotatable bonds is 5. The van der Waals surface area contributed by atoms with Gasteiger partial charge in [-0.05, 0) is 30.4 Å². The van der Waals surface area contributed by atoms with Crippen LogP contribution in [0.3, 0.4) is 0 Å². The molecular weight excluding hydrogens is 374 g/mol. The zero-order valence-corrected chi connectivity index (χ0v) is 15.8. The van der Waals surface area contributed by atoms with Gasteiger partial charge in [0.15, 0.2) is 9.84 Å². The Morgan fingerprint density at radius 2 is 2.15 bits per heavy atom. The number of benzene rings is 1. The van der Waals surface area contributed by atoms with Crippen LogP contribution in [0.15, 0.2) is 33.9 Å². The summed E-state index contributed by atoms with van der Waals surface area (Å²) in [5, 5.41) is 8.29. The zero-order chi connectivity index (χ0) is 18.1. The quantitative estimate of drug-likeness (QED) is 0.714. The number of fused-ring (bicyclic) bond motifs is 1. The van der Waals surface area contributed by atoms with Crippen LogP contribution in [-0.4, -0.2) is 48.3 Å². The van der Waals surface area contributed by atoms with Crippen molar-refractivity contribution in [3.8, 4) is 0 Å². The van der Waals surface area contributed by atoms with Gasteiger partial charge in [-0.2, -0.15) is 0 Å². The fourth-order valence-corrected chi connectivity index (χ4v) is 5.98. The van der Waals surface area contributed by atoms with Crippen molar-refractivity contribution in [3.63, 3.8) is 0 Å². The van der Waals surface area contributed by atoms with Crippen LogP contribution in [0, 0.1) is 5.92 Å². The van der Waals surface area contributed by atoms with Crippen molar-refractivity contribution in [1.82, 2.24) is 10.2 Å². The van der Waals surface area contributed by atoms with E-state index >= 15 is 0 Å². The van der Waals surface area contributed by atoms with Crippen LogP contribution in [0.5, 0.6) is 0 Å². The molecule has 1 atom stereocenters. The summed E-state index contributed by atoms with van der Waals surface area (Å²) in [4.78, 5) is 14.3. The van der Waals surface area contributed by atoms with Crippen LogP contribution in [0.4, 0.5) is 5.69 Å². The maximum Gasteiger partial charge on any atom is 0.277 e. The predicted molar refractivity (Wildman–Crippen MR) is 98.0 cm³/mol. The fourth-order valence-electron chi connectivity index (χ4n) is 3.46. The molecule has 1 aromatic carbocycles. The van der Waals surface area contributed by atoms with Crippen LogP contribution >= 0.6 is 11.8 Å². The summed E-state index contributed by atoms with van der Waals surface area (Å²) in [6, 6.07) is 7.93. The highest BCUT2D eigenvalue weighted by atomic mass is 32.2. The van der Waals surface area contributed by atoms with Crippen molar-refractivity contribution in [1.29, 1.82) is 0 Å². The SMILES string of the molecule is O=C(CSc1nnc(C[C@@H]2CCS(=O)(=O)C2)o1)N1CCc2ccccc21. The number of sulfone groups is 1. The molecule has 0 N–H and O–H groups in total. The Kier molecular flexibility index (Phi) is 4.74. The highest BCUT2D eigenvalue weighted by molar-refractivity contribution is 7.99. The summed E-state index contributed by atoms with van der Waals surface area (Å²) >= 11 is 1.22. The number of thioether (sulfide) groups is 1. The number of hydrogen-bond acceptors (Lipinski definition) is 7. The summed E-state index contributed by atoms with van der Waals surface area (Å²) < 4.78 is 28.6. The van der Waals surface area contributed by atoms with E-state index in [0.29, 0.717) is 30.5 Å². The van der Waals surface area contributed by atoms with E-state index in [1.807, 2.05) is 24.3 Å². The molecule has 3 heterocycles. The Labute approximate surface area is 156 Å². The van der Waals surface area contributed by atoms with Gasteiger partial charge < -0.3 is 9.32 Å². The maximum atomic E-state index is 12.5. The maximum absolute atomic E-state index is 12.5. The van der Waals surface area contributed by atoms with Crippen LogP contribution in [-0.2, 0) is 27.5 Å². The van der Waals surface area contributed by atoms with E-state index < -0.39 is 9.84 Å². The third-order valence-electron chi connectivity index (χ3n) is 4.75. The molecule has 1 amide bonds. The first-order chi connectivity index (χ1) is 12.5. The molecule has 0 radical (unpaired) electrons. The number of carbonyl (C=O) groups excluding carboxylic acids is 1. The molecule has 0 unspecified atom stereocenters. The Morgan fingerprint density at radius 3 is 2.96 bits per heavy atom. The van der Waals surface area contributed by atoms with E-state index in [2.05, 4.69) is 10.2 Å². The number of carbonyl (C=O) groups is 1. The van der Waals surface area contributed by atoms with Crippen LogP contribution < -0.4 is 4.90 Å². The molecule has 2 aromatic rings. The molecule has 138 valence electrons. The number of nitrogens with zero attached hydrogens (tertiary/aromatic N) is 3. The number of anilines is 1. The fraction of sp³-hybridized carbons (Fsp3) is 0.471. The standard InChI is InChI=1S/C17H19N3O4S2/c21-16(20-7-5-13-3-1-2-4-14(13)20)10-25-17-19-18-15(24-17)9-12-6-8-26(22,23)11-12/h1-4,12H,5-11H2/t12-/m0/s1. The summed E-state index contributed by atoms with van der Waals surface area (Å²) in [6.45, 7) is 0.698. The Hall–Kier alpha value is -1.87. The second-order valence-electron chi connectivity index (χ2n) is 6.65. The largest absolute Gasteiger partial charge is 0.416 e. The zero-order valence-electron chi connectivity index (χ0n) is 14.1. The molecule has 2 aliphatic heterocycles. The Bertz CT molecular complexity index is 926. The number of amides is 1. The number of aromatic nitrogens is 2. The van der Waals surface area contributed by atoms with Gasteiger partial charge in [0, 0.05) is 18.7 Å². The Morgan fingerprint density at radius 1 is 1.31 bits per heavy atom. The van der Waals surface area contributed by atoms with Gasteiger partial charge in [-0.1, -0.05) is 30.0 Å². The topological polar surface area (TPSA) is 93.4 Å². The van der Waals surface area contributed by atoms with E-state index in [1.165, 1.54) is 17.3 Å². The van der Waals surface area contributed by atoms with Crippen molar-refractivity contribution in [2.75, 3.05) is 28.7 Å². The van der Waals surface area contributed by atoms with E-state index in [-0.39, 0.29) is 29.1 Å². The lowest BCUT2D eigenvalue weighted by Gasteiger charge is -2.16. The van der Waals surface area contributed by atoms with Gasteiger partial charge in [-0.15, -0.1) is 10.2 Å². The van der Waals surface area contributed by atoms with E-state index in [9.17, 15) is 13.2 Å². The first-order valence-electron chi connectivity index (χ1n) is 8.54. The van der Waals surface area contributed by atoms with E-state index in [4.69, 9.17) is 4.42 Å². The van der Waals surface area contributed by atoms with Crippen LogP contribution in [0.25, 0.3) is 0 Å². The van der Waals surface area contributed by atoms with Crippen molar-refractivity contribution in [3.05, 3.63) is 35.7 Å². The number of para-hydroxylation sites is 1. The van der Waals surface area contributed by atoms with Gasteiger partial charge in [0.05, 0.1) is 17.3 Å². The molecule has 26 heavy (non-hydrogen) atoms. The molecule has 7 nitrogen and oxygen atoms in total. The molecule has 4 rings (SSSR count). The summed E-state index contributed by atoms with van der Waals surface area (Å²) in [5.41, 5.74) is 2.17. The molecule has 1 saturated heterocycles. The minimum absolute atomic E-state index is 0.0154. The third kappa shape index (κ3) is 3.78. The minimum Gasteiger partial charge on any atom is -0.416 e. The van der Waals surface area contributed by atoms with Gasteiger partial charge in [-0.25, -0.2) is 8.42 Å². The van der Waals surface area contributed by atoms with Crippen molar-refractivity contribution in [2.24, 2.45) is 5.92 Å². The minimum atomic E-state index is -2.91. The molecule has 0 saturated carbocycles. The molecule has 9 heteroatoms. The molecule has 0 aliphatic carbocycles. The monoisotopic (exact) mass is 393 g/mol. The third-order valence-corrected chi connectivity index (χ3v) is 7.39. The molecule has 1 fully saturated rings. The van der Waals surface area contributed by atoms with E-state index in [1.54, 1.807) is 4.90 Å². The lowest BCUT2D eigenvalue weighted by molar-refractivity contribution is -0.116. The lowest BCUT2D eigenvalue weighted by atomic mass is 10.1. The molecule has 0 spiro atoms. The summed E-state index contributed by atoms with van der Waals surface area (Å²) in [6.07, 6.45) is 1.99. The van der Waals surface area contributed by atoms with Gasteiger partial charge in [0.25, 0.3) is 5.22 Å². The summed E-state index contributed by atoms with van der Waals surface area (Å²) in [5.74, 6) is 1.15. The normalized spacial score (nSPS) is 21.1. The average Bonchev–Trinajstić information content (AvgIpc) is 3.31. The molecule has 0 bridgehead atoms.